The topological polar surface area (TPSA) is 142 Å². The van der Waals surface area contributed by atoms with Crippen LogP contribution in [0.4, 0.5) is 4.79 Å². The van der Waals surface area contributed by atoms with Crippen LogP contribution in [0.15, 0.2) is 0 Å². The molecule has 0 aromatic carbocycles. The van der Waals surface area contributed by atoms with Gasteiger partial charge >= 0.3 is 12.0 Å². The molecule has 0 aliphatic rings. The number of primary amides is 1. The molecule has 0 aromatic rings. The van der Waals surface area contributed by atoms with Crippen molar-refractivity contribution in [1.82, 2.24) is 15.5 Å². The molecule has 0 aromatic heterocycles. The summed E-state index contributed by atoms with van der Waals surface area (Å²) in [7, 11) is 2.76. The maximum Gasteiger partial charge on any atom is 0.326 e. The molecule has 0 fully saturated rings. The fourth-order valence-corrected chi connectivity index (χ4v) is 1.17. The smallest absolute Gasteiger partial charge is 0.326 e. The Kier molecular flexibility index (Phi) is 6.94. The summed E-state index contributed by atoms with van der Waals surface area (Å²) in [6.07, 6.45) is -0.263. The molecule has 0 saturated carbocycles. The Bertz CT molecular complexity index is 371. The van der Waals surface area contributed by atoms with Crippen LogP contribution in [-0.2, 0) is 14.4 Å². The van der Waals surface area contributed by atoms with E-state index in [1.807, 2.05) is 0 Å². The molecule has 1 unspecified atom stereocenters. The Hall–Kier alpha value is -2.32. The van der Waals surface area contributed by atoms with E-state index in [1.165, 1.54) is 14.1 Å². The zero-order valence-corrected chi connectivity index (χ0v) is 10.8. The van der Waals surface area contributed by atoms with Crippen LogP contribution < -0.4 is 16.4 Å². The summed E-state index contributed by atoms with van der Waals surface area (Å²) in [6, 6.07) is -1.95. The van der Waals surface area contributed by atoms with Gasteiger partial charge in [-0.05, 0) is 6.42 Å². The number of nitrogens with two attached hydrogens (primary N) is 1. The SMILES string of the molecule is CNC(=O)CN(C)C(=O)NC(CCC(N)=O)C(=O)O. The second kappa shape index (κ2) is 7.90. The second-order valence-corrected chi connectivity index (χ2v) is 3.87. The minimum atomic E-state index is -1.28. The van der Waals surface area contributed by atoms with Gasteiger partial charge in [0.05, 0.1) is 0 Å². The van der Waals surface area contributed by atoms with E-state index in [-0.39, 0.29) is 25.3 Å². The van der Waals surface area contributed by atoms with Gasteiger partial charge in [0.25, 0.3) is 0 Å². The first kappa shape index (κ1) is 16.7. The molecule has 0 spiro atoms. The fraction of sp³-hybridized carbons (Fsp3) is 0.600. The lowest BCUT2D eigenvalue weighted by atomic mass is 10.1. The highest BCUT2D eigenvalue weighted by Gasteiger charge is 2.22. The van der Waals surface area contributed by atoms with Gasteiger partial charge in [0.1, 0.15) is 12.6 Å². The lowest BCUT2D eigenvalue weighted by molar-refractivity contribution is -0.139. The predicted octanol–water partition coefficient (Wildman–Crippen LogP) is -1.91. The number of carbonyl (C=O) groups excluding carboxylic acids is 3. The standard InChI is InChI=1S/C10H18N4O5/c1-12-8(16)5-14(2)10(19)13-6(9(17)18)3-4-7(11)15/h6H,3-5H2,1-2H3,(H2,11,15)(H,12,16)(H,13,19)(H,17,18). The van der Waals surface area contributed by atoms with E-state index >= 15 is 0 Å². The molecule has 9 heteroatoms. The van der Waals surface area contributed by atoms with Gasteiger partial charge in [0.15, 0.2) is 0 Å². The molecular weight excluding hydrogens is 256 g/mol. The van der Waals surface area contributed by atoms with Gasteiger partial charge in [-0.25, -0.2) is 9.59 Å². The third-order valence-electron chi connectivity index (χ3n) is 2.28. The third-order valence-corrected chi connectivity index (χ3v) is 2.28. The Morgan fingerprint density at radius 1 is 1.32 bits per heavy atom. The highest BCUT2D eigenvalue weighted by atomic mass is 16.4. The summed E-state index contributed by atoms with van der Waals surface area (Å²) in [5.74, 6) is -2.32. The van der Waals surface area contributed by atoms with Gasteiger partial charge < -0.3 is 26.4 Å². The normalized spacial score (nSPS) is 11.3. The highest BCUT2D eigenvalue weighted by Crippen LogP contribution is 1.98. The molecule has 0 aliphatic heterocycles. The average molecular weight is 274 g/mol. The number of likely N-dealkylation sites (N-methyl/N-ethyl adjacent to an activating group) is 2. The molecule has 0 bridgehead atoms. The van der Waals surface area contributed by atoms with E-state index in [0.717, 1.165) is 4.90 Å². The van der Waals surface area contributed by atoms with E-state index in [0.29, 0.717) is 0 Å². The van der Waals surface area contributed by atoms with E-state index in [4.69, 9.17) is 10.8 Å². The number of hydrogen-bond donors (Lipinski definition) is 4. The monoisotopic (exact) mass is 274 g/mol. The van der Waals surface area contributed by atoms with Crippen LogP contribution in [0.1, 0.15) is 12.8 Å². The maximum absolute atomic E-state index is 11.6. The predicted molar refractivity (Wildman–Crippen MR) is 65.1 cm³/mol. The third kappa shape index (κ3) is 6.86. The molecule has 0 radical (unpaired) electrons. The first-order valence-corrected chi connectivity index (χ1v) is 5.51. The first-order valence-electron chi connectivity index (χ1n) is 5.51. The van der Waals surface area contributed by atoms with Gasteiger partial charge in [0.2, 0.25) is 11.8 Å². The molecule has 1 atom stereocenters. The first-order chi connectivity index (χ1) is 8.77. The molecule has 0 aliphatic carbocycles. The number of amides is 4. The average Bonchev–Trinajstić information content (AvgIpc) is 2.32. The van der Waals surface area contributed by atoms with Crippen molar-refractivity contribution in [1.29, 1.82) is 0 Å². The van der Waals surface area contributed by atoms with Gasteiger partial charge in [-0.15, -0.1) is 0 Å². The summed E-state index contributed by atoms with van der Waals surface area (Å²) in [5, 5.41) is 13.4. The van der Waals surface area contributed by atoms with Gasteiger partial charge in [-0.3, -0.25) is 9.59 Å². The number of nitrogens with one attached hydrogen (secondary N) is 2. The lowest BCUT2D eigenvalue weighted by Crippen LogP contribution is -2.49. The van der Waals surface area contributed by atoms with Crippen molar-refractivity contribution in [3.8, 4) is 0 Å². The molecule has 0 rings (SSSR count). The van der Waals surface area contributed by atoms with Crippen molar-refractivity contribution in [3.63, 3.8) is 0 Å². The van der Waals surface area contributed by atoms with Crippen LogP contribution in [0.3, 0.4) is 0 Å². The van der Waals surface area contributed by atoms with Crippen molar-refractivity contribution in [3.05, 3.63) is 0 Å². The van der Waals surface area contributed by atoms with Crippen LogP contribution in [0, 0.1) is 0 Å². The second-order valence-electron chi connectivity index (χ2n) is 3.87. The zero-order valence-electron chi connectivity index (χ0n) is 10.8. The largest absolute Gasteiger partial charge is 0.480 e. The molecular formula is C10H18N4O5. The number of rotatable bonds is 7. The Morgan fingerprint density at radius 3 is 2.32 bits per heavy atom. The Morgan fingerprint density at radius 2 is 1.89 bits per heavy atom. The summed E-state index contributed by atoms with van der Waals surface area (Å²) in [4.78, 5) is 45.2. The Balaban J connectivity index is 4.41. The number of hydrogen-bond acceptors (Lipinski definition) is 4. The fourth-order valence-electron chi connectivity index (χ4n) is 1.17. The quantitative estimate of drug-likeness (QED) is 0.428. The van der Waals surface area contributed by atoms with Crippen LogP contribution in [0.2, 0.25) is 0 Å². The van der Waals surface area contributed by atoms with Gasteiger partial charge in [0, 0.05) is 20.5 Å². The molecule has 0 heterocycles. The number of carboxylic acids is 1. The van der Waals surface area contributed by atoms with E-state index in [1.54, 1.807) is 0 Å². The van der Waals surface area contributed by atoms with Crippen molar-refractivity contribution in [2.24, 2.45) is 5.73 Å². The number of carbonyl (C=O) groups is 4. The molecule has 5 N–H and O–H groups in total. The number of urea groups is 1. The van der Waals surface area contributed by atoms with Crippen molar-refractivity contribution < 1.29 is 24.3 Å². The highest BCUT2D eigenvalue weighted by molar-refractivity contribution is 5.86. The molecule has 108 valence electrons. The van der Waals surface area contributed by atoms with E-state index < -0.39 is 23.9 Å². The van der Waals surface area contributed by atoms with Crippen LogP contribution in [0.5, 0.6) is 0 Å². The van der Waals surface area contributed by atoms with Crippen LogP contribution in [0.25, 0.3) is 0 Å². The number of nitrogens with zero attached hydrogens (tertiary/aromatic N) is 1. The minimum absolute atomic E-state index is 0.107. The number of aliphatic carboxylic acids is 1. The Labute approximate surface area is 110 Å². The van der Waals surface area contributed by atoms with E-state index in [2.05, 4.69) is 10.6 Å². The van der Waals surface area contributed by atoms with Gasteiger partial charge in [-0.2, -0.15) is 0 Å². The maximum atomic E-state index is 11.6. The summed E-state index contributed by atoms with van der Waals surface area (Å²) >= 11 is 0. The molecule has 0 saturated heterocycles. The van der Waals surface area contributed by atoms with Crippen molar-refractivity contribution in [2.75, 3.05) is 20.6 Å². The van der Waals surface area contributed by atoms with Crippen LogP contribution >= 0.6 is 0 Å². The molecule has 4 amide bonds. The minimum Gasteiger partial charge on any atom is -0.480 e. The molecule has 19 heavy (non-hydrogen) atoms. The lowest BCUT2D eigenvalue weighted by Gasteiger charge is -2.20. The van der Waals surface area contributed by atoms with Crippen molar-refractivity contribution >= 4 is 23.8 Å². The van der Waals surface area contributed by atoms with Gasteiger partial charge in [-0.1, -0.05) is 0 Å². The van der Waals surface area contributed by atoms with Crippen LogP contribution in [-0.4, -0.2) is 60.5 Å². The summed E-state index contributed by atoms with van der Waals surface area (Å²) < 4.78 is 0. The zero-order chi connectivity index (χ0) is 15.0. The van der Waals surface area contributed by atoms with E-state index in [9.17, 15) is 19.2 Å². The summed E-state index contributed by atoms with van der Waals surface area (Å²) in [6.45, 7) is -0.204. The van der Waals surface area contributed by atoms with Crippen molar-refractivity contribution in [2.45, 2.75) is 18.9 Å². The summed E-state index contributed by atoms with van der Waals surface area (Å²) in [5.41, 5.74) is 4.91. The number of carboxylic acid groups (broad SMARTS) is 1. The molecule has 9 nitrogen and oxygen atoms in total.